The average molecular weight is 419 g/mol. The Morgan fingerprint density at radius 3 is 2.58 bits per heavy atom. The zero-order chi connectivity index (χ0) is 22.0. The molecule has 1 aromatic heterocycles. The zero-order valence-corrected chi connectivity index (χ0v) is 17.8. The number of carbonyl (C=O) groups is 2. The molecule has 0 unspecified atom stereocenters. The first-order valence-corrected chi connectivity index (χ1v) is 10.1. The van der Waals surface area contributed by atoms with Crippen LogP contribution in [0, 0.1) is 13.8 Å². The van der Waals surface area contributed by atoms with E-state index < -0.39 is 6.04 Å². The van der Waals surface area contributed by atoms with Gasteiger partial charge >= 0.3 is 6.03 Å². The summed E-state index contributed by atoms with van der Waals surface area (Å²) >= 11 is 0. The van der Waals surface area contributed by atoms with Crippen molar-refractivity contribution in [3.8, 4) is 11.4 Å². The number of nitrogens with zero attached hydrogens (tertiary/aromatic N) is 3. The lowest BCUT2D eigenvalue weighted by atomic mass is 10.0. The summed E-state index contributed by atoms with van der Waals surface area (Å²) in [5.41, 5.74) is 3.71. The number of nitrogens with one attached hydrogen (secondary N) is 2. The molecule has 2 N–H and O–H groups in total. The Hall–Kier alpha value is -3.81. The fourth-order valence-electron chi connectivity index (χ4n) is 3.98. The van der Waals surface area contributed by atoms with Crippen LogP contribution in [0.5, 0.6) is 5.75 Å². The Morgan fingerprint density at radius 2 is 1.84 bits per heavy atom. The van der Waals surface area contributed by atoms with Gasteiger partial charge in [0, 0.05) is 24.3 Å². The number of anilines is 1. The molecule has 8 nitrogen and oxygen atoms in total. The van der Waals surface area contributed by atoms with Crippen LogP contribution in [-0.4, -0.2) is 46.8 Å². The van der Waals surface area contributed by atoms with Crippen molar-refractivity contribution >= 4 is 17.6 Å². The molecule has 0 bridgehead atoms. The lowest BCUT2D eigenvalue weighted by Gasteiger charge is -2.35. The molecule has 4 rings (SSSR count). The van der Waals surface area contributed by atoms with Crippen molar-refractivity contribution in [3.63, 3.8) is 0 Å². The van der Waals surface area contributed by atoms with Gasteiger partial charge in [-0.15, -0.1) is 0 Å². The maximum absolute atomic E-state index is 13.2. The van der Waals surface area contributed by atoms with Gasteiger partial charge in [-0.2, -0.15) is 5.10 Å². The number of methoxy groups -OCH3 is 1. The fraction of sp³-hybridized carbons (Fsp3) is 0.261. The van der Waals surface area contributed by atoms with Crippen LogP contribution in [0.4, 0.5) is 10.5 Å². The van der Waals surface area contributed by atoms with Gasteiger partial charge in [0.05, 0.1) is 24.2 Å². The van der Waals surface area contributed by atoms with E-state index >= 15 is 0 Å². The van der Waals surface area contributed by atoms with Crippen LogP contribution in [0.1, 0.15) is 23.0 Å². The van der Waals surface area contributed by atoms with E-state index in [1.54, 1.807) is 24.1 Å². The van der Waals surface area contributed by atoms with E-state index in [1.807, 2.05) is 61.0 Å². The van der Waals surface area contributed by atoms with E-state index in [0.29, 0.717) is 30.2 Å². The molecule has 0 aliphatic carbocycles. The first kappa shape index (κ1) is 20.5. The van der Waals surface area contributed by atoms with Crippen molar-refractivity contribution in [2.24, 2.45) is 0 Å². The Morgan fingerprint density at radius 1 is 1.13 bits per heavy atom. The minimum absolute atomic E-state index is 0.222. The highest BCUT2D eigenvalue weighted by molar-refractivity contribution is 5.96. The number of hydrogen-bond acceptors (Lipinski definition) is 4. The van der Waals surface area contributed by atoms with Crippen LogP contribution in [0.15, 0.2) is 54.6 Å². The highest BCUT2D eigenvalue weighted by Gasteiger charge is 2.38. The summed E-state index contributed by atoms with van der Waals surface area (Å²) in [6, 6.07) is 15.8. The Bertz CT molecular complexity index is 1110. The van der Waals surface area contributed by atoms with Crippen LogP contribution in [0.3, 0.4) is 0 Å². The molecule has 8 heteroatoms. The normalized spacial score (nSPS) is 16.0. The SMILES string of the molecule is COc1ccccc1NC(=O)N1CCNC(=O)[C@H]1c1c(C)nn(-c2ccccc2)c1C. The standard InChI is InChI=1S/C23H25N5O3/c1-15-20(16(2)28(26-15)17-9-5-4-6-10-17)21-22(29)24-13-14-27(21)23(30)25-18-11-7-8-12-19(18)31-3/h4-12,21H,13-14H2,1-3H3,(H,24,29)(H,25,30)/t21-/m1/s1. The number of aromatic nitrogens is 2. The largest absolute Gasteiger partial charge is 0.495 e. The minimum atomic E-state index is -0.777. The summed E-state index contributed by atoms with van der Waals surface area (Å²) in [5, 5.41) is 10.4. The molecule has 1 aliphatic rings. The number of ether oxygens (including phenoxy) is 1. The van der Waals surface area contributed by atoms with Gasteiger partial charge < -0.3 is 20.3 Å². The third-order valence-corrected chi connectivity index (χ3v) is 5.44. The maximum Gasteiger partial charge on any atom is 0.322 e. The molecule has 1 atom stereocenters. The van der Waals surface area contributed by atoms with Crippen LogP contribution in [-0.2, 0) is 4.79 Å². The van der Waals surface area contributed by atoms with Crippen molar-refractivity contribution in [1.82, 2.24) is 20.0 Å². The summed E-state index contributed by atoms with van der Waals surface area (Å²) in [6.07, 6.45) is 0. The molecule has 0 spiro atoms. The number of para-hydroxylation sites is 3. The Labute approximate surface area is 180 Å². The van der Waals surface area contributed by atoms with Crippen LogP contribution >= 0.6 is 0 Å². The number of hydrogen-bond donors (Lipinski definition) is 2. The Kier molecular flexibility index (Phi) is 5.62. The molecule has 3 amide bonds. The van der Waals surface area contributed by atoms with Crippen molar-refractivity contribution in [1.29, 1.82) is 0 Å². The van der Waals surface area contributed by atoms with Gasteiger partial charge in [-0.3, -0.25) is 4.79 Å². The molecule has 1 aliphatic heterocycles. The minimum Gasteiger partial charge on any atom is -0.495 e. The average Bonchev–Trinajstić information content (AvgIpc) is 3.08. The number of amides is 3. The van der Waals surface area contributed by atoms with Crippen molar-refractivity contribution in [2.45, 2.75) is 19.9 Å². The third kappa shape index (κ3) is 3.84. The van der Waals surface area contributed by atoms with E-state index in [4.69, 9.17) is 4.74 Å². The van der Waals surface area contributed by atoms with Crippen molar-refractivity contribution in [3.05, 3.63) is 71.5 Å². The fourth-order valence-corrected chi connectivity index (χ4v) is 3.98. The number of carbonyl (C=O) groups excluding carboxylic acids is 2. The molecule has 160 valence electrons. The van der Waals surface area contributed by atoms with Gasteiger partial charge in [-0.25, -0.2) is 9.48 Å². The summed E-state index contributed by atoms with van der Waals surface area (Å²) in [7, 11) is 1.55. The summed E-state index contributed by atoms with van der Waals surface area (Å²) < 4.78 is 7.14. The molecule has 2 heterocycles. The van der Waals surface area contributed by atoms with Crippen molar-refractivity contribution in [2.75, 3.05) is 25.5 Å². The second kappa shape index (κ2) is 8.51. The summed E-state index contributed by atoms with van der Waals surface area (Å²) in [6.45, 7) is 4.55. The molecular weight excluding hydrogens is 394 g/mol. The molecular formula is C23H25N5O3. The first-order valence-electron chi connectivity index (χ1n) is 10.1. The van der Waals surface area contributed by atoms with E-state index in [2.05, 4.69) is 15.7 Å². The van der Waals surface area contributed by atoms with E-state index in [0.717, 1.165) is 16.9 Å². The molecule has 0 saturated carbocycles. The molecule has 1 fully saturated rings. The molecule has 0 radical (unpaired) electrons. The quantitative estimate of drug-likeness (QED) is 0.680. The smallest absolute Gasteiger partial charge is 0.322 e. The molecule has 31 heavy (non-hydrogen) atoms. The number of benzene rings is 2. The van der Waals surface area contributed by atoms with Gasteiger partial charge in [-0.05, 0) is 38.1 Å². The van der Waals surface area contributed by atoms with E-state index in [-0.39, 0.29) is 11.9 Å². The summed E-state index contributed by atoms with van der Waals surface area (Å²) in [4.78, 5) is 27.7. The zero-order valence-electron chi connectivity index (χ0n) is 17.8. The highest BCUT2D eigenvalue weighted by Crippen LogP contribution is 2.31. The second-order valence-corrected chi connectivity index (χ2v) is 7.35. The lowest BCUT2D eigenvalue weighted by molar-refractivity contribution is -0.127. The van der Waals surface area contributed by atoms with Crippen LogP contribution in [0.25, 0.3) is 5.69 Å². The van der Waals surface area contributed by atoms with Crippen LogP contribution in [0.2, 0.25) is 0 Å². The third-order valence-electron chi connectivity index (χ3n) is 5.44. The second-order valence-electron chi connectivity index (χ2n) is 7.35. The first-order chi connectivity index (χ1) is 15.0. The highest BCUT2D eigenvalue weighted by atomic mass is 16.5. The topological polar surface area (TPSA) is 88.5 Å². The molecule has 1 saturated heterocycles. The number of rotatable bonds is 4. The number of piperazine rings is 1. The van der Waals surface area contributed by atoms with E-state index in [1.165, 1.54) is 0 Å². The van der Waals surface area contributed by atoms with Crippen LogP contribution < -0.4 is 15.4 Å². The van der Waals surface area contributed by atoms with Gasteiger partial charge in [-0.1, -0.05) is 30.3 Å². The Balaban J connectivity index is 1.70. The summed E-state index contributed by atoms with van der Waals surface area (Å²) in [5.74, 6) is 0.332. The lowest BCUT2D eigenvalue weighted by Crippen LogP contribution is -2.53. The number of urea groups is 1. The van der Waals surface area contributed by atoms with Gasteiger partial charge in [0.1, 0.15) is 11.8 Å². The molecule has 2 aromatic carbocycles. The van der Waals surface area contributed by atoms with E-state index in [9.17, 15) is 9.59 Å². The number of aryl methyl sites for hydroxylation is 1. The monoisotopic (exact) mass is 419 g/mol. The van der Waals surface area contributed by atoms with Gasteiger partial charge in [0.25, 0.3) is 0 Å². The van der Waals surface area contributed by atoms with Gasteiger partial charge in [0.15, 0.2) is 0 Å². The van der Waals surface area contributed by atoms with Crippen molar-refractivity contribution < 1.29 is 14.3 Å². The molecule has 3 aromatic rings. The predicted octanol–water partition coefficient (Wildman–Crippen LogP) is 3.20. The predicted molar refractivity (Wildman–Crippen MR) is 118 cm³/mol. The maximum atomic E-state index is 13.2. The van der Waals surface area contributed by atoms with Gasteiger partial charge in [0.2, 0.25) is 5.91 Å².